The lowest BCUT2D eigenvalue weighted by atomic mass is 10.1. The minimum absolute atomic E-state index is 0.230. The van der Waals surface area contributed by atoms with Gasteiger partial charge in [0.05, 0.1) is 6.07 Å². The van der Waals surface area contributed by atoms with Gasteiger partial charge in [-0.05, 0) is 30.8 Å². The summed E-state index contributed by atoms with van der Waals surface area (Å²) in [5.41, 5.74) is 0.953. The van der Waals surface area contributed by atoms with Crippen molar-refractivity contribution in [1.29, 1.82) is 5.26 Å². The molecule has 0 amide bonds. The predicted octanol–water partition coefficient (Wildman–Crippen LogP) is 2.91. The smallest absolute Gasteiger partial charge is 0.125 e. The van der Waals surface area contributed by atoms with Crippen molar-refractivity contribution in [3.63, 3.8) is 0 Å². The van der Waals surface area contributed by atoms with Crippen molar-refractivity contribution in [3.05, 3.63) is 33.3 Å². The molecule has 1 aromatic carbocycles. The number of rotatable bonds is 2. The molecule has 3 nitrogen and oxygen atoms in total. The molecule has 5 heteroatoms. The van der Waals surface area contributed by atoms with Crippen LogP contribution < -0.4 is 0 Å². The molecule has 96 valence electrons. The molecular weight excluding hydrogens is 314 g/mol. The minimum Gasteiger partial charge on any atom is -0.304 e. The Morgan fingerprint density at radius 1 is 1.33 bits per heavy atom. The first-order valence-corrected chi connectivity index (χ1v) is 7.06. The van der Waals surface area contributed by atoms with Crippen molar-refractivity contribution in [2.45, 2.75) is 6.04 Å². The topological polar surface area (TPSA) is 30.3 Å². The summed E-state index contributed by atoms with van der Waals surface area (Å²) in [6, 6.07) is 7.76. The van der Waals surface area contributed by atoms with Crippen molar-refractivity contribution >= 4 is 27.5 Å². The van der Waals surface area contributed by atoms with Crippen LogP contribution in [0.4, 0.5) is 0 Å². The van der Waals surface area contributed by atoms with E-state index >= 15 is 0 Å². The van der Waals surface area contributed by atoms with Gasteiger partial charge in [-0.1, -0.05) is 27.5 Å². The molecule has 1 heterocycles. The predicted molar refractivity (Wildman–Crippen MR) is 76.6 cm³/mol. The van der Waals surface area contributed by atoms with E-state index in [0.717, 1.165) is 36.2 Å². The summed E-state index contributed by atoms with van der Waals surface area (Å²) in [7, 11) is 2.11. The largest absolute Gasteiger partial charge is 0.304 e. The molecule has 2 rings (SSSR count). The molecule has 0 aromatic heterocycles. The van der Waals surface area contributed by atoms with Gasteiger partial charge < -0.3 is 4.90 Å². The standard InChI is InChI=1S/C13H15BrClN3/c1-17-4-6-18(7-5-17)13(9-16)11-8-10(15)2-3-12(11)14/h2-3,8,13H,4-7H2,1H3. The Bertz CT molecular complexity index is 464. The Balaban J connectivity index is 2.23. The summed E-state index contributed by atoms with van der Waals surface area (Å²) in [6.07, 6.45) is 0. The van der Waals surface area contributed by atoms with E-state index in [1.54, 1.807) is 0 Å². The minimum atomic E-state index is -0.230. The fourth-order valence-electron chi connectivity index (χ4n) is 2.15. The number of likely N-dealkylation sites (N-methyl/N-ethyl adjacent to an activating group) is 1. The monoisotopic (exact) mass is 327 g/mol. The van der Waals surface area contributed by atoms with E-state index in [4.69, 9.17) is 11.6 Å². The van der Waals surface area contributed by atoms with Crippen LogP contribution in [0.2, 0.25) is 5.02 Å². The Morgan fingerprint density at radius 3 is 2.61 bits per heavy atom. The summed E-state index contributed by atoms with van der Waals surface area (Å²) in [5.74, 6) is 0. The first kappa shape index (κ1) is 13.8. The van der Waals surface area contributed by atoms with Crippen molar-refractivity contribution in [3.8, 4) is 6.07 Å². The number of halogens is 2. The quantitative estimate of drug-likeness (QED) is 0.836. The maximum absolute atomic E-state index is 9.44. The van der Waals surface area contributed by atoms with Gasteiger partial charge >= 0.3 is 0 Å². The normalized spacial score (nSPS) is 19.4. The van der Waals surface area contributed by atoms with Gasteiger partial charge in [0.1, 0.15) is 6.04 Å². The molecule has 0 N–H and O–H groups in total. The molecule has 1 aromatic rings. The molecule has 18 heavy (non-hydrogen) atoms. The number of hydrogen-bond donors (Lipinski definition) is 0. The van der Waals surface area contributed by atoms with E-state index in [1.807, 2.05) is 18.2 Å². The average molecular weight is 329 g/mol. The molecule has 1 atom stereocenters. The summed E-state index contributed by atoms with van der Waals surface area (Å²) >= 11 is 9.53. The highest BCUT2D eigenvalue weighted by Gasteiger charge is 2.25. The van der Waals surface area contributed by atoms with E-state index in [2.05, 4.69) is 38.8 Å². The highest BCUT2D eigenvalue weighted by Crippen LogP contribution is 2.30. The van der Waals surface area contributed by atoms with E-state index in [0.29, 0.717) is 5.02 Å². The van der Waals surface area contributed by atoms with Crippen molar-refractivity contribution < 1.29 is 0 Å². The van der Waals surface area contributed by atoms with Gasteiger partial charge in [0, 0.05) is 35.7 Å². The molecule has 1 unspecified atom stereocenters. The van der Waals surface area contributed by atoms with Gasteiger partial charge in [-0.25, -0.2) is 0 Å². The lowest BCUT2D eigenvalue weighted by molar-refractivity contribution is 0.132. The molecule has 1 aliphatic rings. The van der Waals surface area contributed by atoms with Crippen LogP contribution in [-0.2, 0) is 0 Å². The van der Waals surface area contributed by atoms with Crippen molar-refractivity contribution in [1.82, 2.24) is 9.80 Å². The van der Waals surface area contributed by atoms with Crippen LogP contribution in [0.25, 0.3) is 0 Å². The second-order valence-corrected chi connectivity index (χ2v) is 5.83. The molecular formula is C13H15BrClN3. The number of piperazine rings is 1. The SMILES string of the molecule is CN1CCN(C(C#N)c2cc(Cl)ccc2Br)CC1. The summed E-state index contributed by atoms with van der Waals surface area (Å²) in [5, 5.41) is 10.1. The van der Waals surface area contributed by atoms with Crippen LogP contribution in [0, 0.1) is 11.3 Å². The summed E-state index contributed by atoms with van der Waals surface area (Å²) in [4.78, 5) is 4.48. The van der Waals surface area contributed by atoms with Crippen LogP contribution in [0.5, 0.6) is 0 Å². The third-order valence-corrected chi connectivity index (χ3v) is 4.24. The molecule has 1 fully saturated rings. The van der Waals surface area contributed by atoms with Crippen LogP contribution in [0.15, 0.2) is 22.7 Å². The van der Waals surface area contributed by atoms with Gasteiger partial charge in [0.15, 0.2) is 0 Å². The Hall–Kier alpha value is -0.600. The maximum atomic E-state index is 9.44. The number of nitriles is 1. The second kappa shape index (κ2) is 6.03. The number of nitrogens with zero attached hydrogens (tertiary/aromatic N) is 3. The fraction of sp³-hybridized carbons (Fsp3) is 0.462. The van der Waals surface area contributed by atoms with Gasteiger partial charge in [-0.2, -0.15) is 5.26 Å². The Kier molecular flexibility index (Phi) is 4.63. The van der Waals surface area contributed by atoms with E-state index in [-0.39, 0.29) is 6.04 Å². The van der Waals surface area contributed by atoms with E-state index in [9.17, 15) is 5.26 Å². The van der Waals surface area contributed by atoms with Crippen LogP contribution in [-0.4, -0.2) is 43.0 Å². The highest BCUT2D eigenvalue weighted by molar-refractivity contribution is 9.10. The van der Waals surface area contributed by atoms with E-state index in [1.165, 1.54) is 0 Å². The highest BCUT2D eigenvalue weighted by atomic mass is 79.9. The lowest BCUT2D eigenvalue weighted by Gasteiger charge is -2.35. The third-order valence-electron chi connectivity index (χ3n) is 3.28. The molecule has 0 bridgehead atoms. The number of hydrogen-bond acceptors (Lipinski definition) is 3. The van der Waals surface area contributed by atoms with Gasteiger partial charge in [-0.15, -0.1) is 0 Å². The molecule has 0 aliphatic carbocycles. The zero-order chi connectivity index (χ0) is 13.1. The maximum Gasteiger partial charge on any atom is 0.125 e. The zero-order valence-corrected chi connectivity index (χ0v) is 12.6. The Labute approximate surface area is 121 Å². The molecule has 1 aliphatic heterocycles. The van der Waals surface area contributed by atoms with Crippen molar-refractivity contribution in [2.24, 2.45) is 0 Å². The van der Waals surface area contributed by atoms with Crippen LogP contribution in [0.3, 0.4) is 0 Å². The summed E-state index contributed by atoms with van der Waals surface area (Å²) in [6.45, 7) is 3.81. The molecule has 0 spiro atoms. The van der Waals surface area contributed by atoms with Crippen molar-refractivity contribution in [2.75, 3.05) is 33.2 Å². The third kappa shape index (κ3) is 3.04. The first-order chi connectivity index (χ1) is 8.61. The molecule has 0 saturated carbocycles. The lowest BCUT2D eigenvalue weighted by Crippen LogP contribution is -2.45. The van der Waals surface area contributed by atoms with Gasteiger partial charge in [-0.3, -0.25) is 4.90 Å². The second-order valence-electron chi connectivity index (χ2n) is 4.54. The van der Waals surface area contributed by atoms with Gasteiger partial charge in [0.25, 0.3) is 0 Å². The summed E-state index contributed by atoms with van der Waals surface area (Å²) < 4.78 is 0.942. The van der Waals surface area contributed by atoms with Crippen LogP contribution >= 0.6 is 27.5 Å². The molecule has 0 radical (unpaired) electrons. The number of benzene rings is 1. The van der Waals surface area contributed by atoms with Crippen LogP contribution in [0.1, 0.15) is 11.6 Å². The molecule has 1 saturated heterocycles. The van der Waals surface area contributed by atoms with Gasteiger partial charge in [0.2, 0.25) is 0 Å². The average Bonchev–Trinajstić information content (AvgIpc) is 2.37. The van der Waals surface area contributed by atoms with E-state index < -0.39 is 0 Å². The zero-order valence-electron chi connectivity index (χ0n) is 10.2. The Morgan fingerprint density at radius 2 is 2.00 bits per heavy atom. The fourth-order valence-corrected chi connectivity index (χ4v) is 2.80. The first-order valence-electron chi connectivity index (χ1n) is 5.89.